The molecule has 116 valence electrons. The second kappa shape index (κ2) is 6.30. The summed E-state index contributed by atoms with van der Waals surface area (Å²) in [7, 11) is 1.62. The highest BCUT2D eigenvalue weighted by molar-refractivity contribution is 5.69. The fourth-order valence-corrected chi connectivity index (χ4v) is 2.02. The third kappa shape index (κ3) is 4.32. The van der Waals surface area contributed by atoms with Crippen molar-refractivity contribution in [3.8, 4) is 5.88 Å². The summed E-state index contributed by atoms with van der Waals surface area (Å²) in [6.07, 6.45) is 1.45. The molecule has 0 saturated carbocycles. The molecule has 2 heterocycles. The molecule has 1 aliphatic rings. The number of aromatic nitrogens is 1. The van der Waals surface area contributed by atoms with Crippen molar-refractivity contribution in [3.63, 3.8) is 0 Å². The molecule has 0 radical (unpaired) electrons. The summed E-state index contributed by atoms with van der Waals surface area (Å²) in [5.41, 5.74) is 1.58. The lowest BCUT2D eigenvalue weighted by molar-refractivity contribution is 0.0242. The lowest BCUT2D eigenvalue weighted by Crippen LogP contribution is -2.33. The minimum Gasteiger partial charge on any atom is -0.475 e. The molecule has 0 N–H and O–H groups in total. The van der Waals surface area contributed by atoms with Gasteiger partial charge in [0, 0.05) is 25.9 Å². The van der Waals surface area contributed by atoms with E-state index in [1.54, 1.807) is 18.2 Å². The van der Waals surface area contributed by atoms with Crippen molar-refractivity contribution in [1.29, 1.82) is 0 Å². The van der Waals surface area contributed by atoms with Gasteiger partial charge in [0.1, 0.15) is 12.2 Å². The largest absolute Gasteiger partial charge is 0.475 e. The van der Waals surface area contributed by atoms with Crippen LogP contribution in [0.1, 0.15) is 31.9 Å². The van der Waals surface area contributed by atoms with Gasteiger partial charge in [0.2, 0.25) is 5.88 Å². The predicted molar refractivity (Wildman–Crippen MR) is 77.1 cm³/mol. The van der Waals surface area contributed by atoms with E-state index in [1.807, 2.05) is 26.8 Å². The summed E-state index contributed by atoms with van der Waals surface area (Å²) in [6, 6.07) is 1.87. The van der Waals surface area contributed by atoms with E-state index in [4.69, 9.17) is 14.2 Å². The summed E-state index contributed by atoms with van der Waals surface area (Å²) in [5, 5.41) is 0. The fraction of sp³-hybridized carbons (Fsp3) is 0.600. The van der Waals surface area contributed by atoms with Crippen LogP contribution in [0.3, 0.4) is 0 Å². The van der Waals surface area contributed by atoms with Crippen LogP contribution in [-0.2, 0) is 22.6 Å². The number of hydrogen-bond donors (Lipinski definition) is 0. The van der Waals surface area contributed by atoms with Crippen molar-refractivity contribution in [2.45, 2.75) is 39.5 Å². The number of amides is 1. The third-order valence-corrected chi connectivity index (χ3v) is 2.97. The molecule has 1 aromatic rings. The maximum absolute atomic E-state index is 12.1. The number of fused-ring (bicyclic) bond motifs is 1. The van der Waals surface area contributed by atoms with Gasteiger partial charge in [-0.25, -0.2) is 9.78 Å². The van der Waals surface area contributed by atoms with E-state index in [0.717, 1.165) is 11.1 Å². The van der Waals surface area contributed by atoms with Crippen molar-refractivity contribution in [1.82, 2.24) is 9.88 Å². The van der Waals surface area contributed by atoms with Gasteiger partial charge >= 0.3 is 6.09 Å². The van der Waals surface area contributed by atoms with Crippen molar-refractivity contribution < 1.29 is 19.0 Å². The van der Waals surface area contributed by atoms with Crippen LogP contribution >= 0.6 is 0 Å². The van der Waals surface area contributed by atoms with Crippen molar-refractivity contribution in [2.24, 2.45) is 0 Å². The lowest BCUT2D eigenvalue weighted by atomic mass is 10.2. The standard InChI is InChI=1S/C15H22N2O4/c1-15(2,3)21-14(18)17-9-11-7-13(20-6-5-19-4)16-8-12(11)10-17/h7-8H,5-6,9-10H2,1-4H3. The Morgan fingerprint density at radius 3 is 2.67 bits per heavy atom. The third-order valence-electron chi connectivity index (χ3n) is 2.97. The van der Waals surface area contributed by atoms with Crippen molar-refractivity contribution in [2.75, 3.05) is 20.3 Å². The Morgan fingerprint density at radius 2 is 2.00 bits per heavy atom. The van der Waals surface area contributed by atoms with Gasteiger partial charge in [0.25, 0.3) is 0 Å². The fourth-order valence-electron chi connectivity index (χ4n) is 2.02. The van der Waals surface area contributed by atoms with Crippen LogP contribution < -0.4 is 4.74 Å². The van der Waals surface area contributed by atoms with Gasteiger partial charge in [-0.05, 0) is 31.9 Å². The molecule has 0 bridgehead atoms. The number of nitrogens with zero attached hydrogens (tertiary/aromatic N) is 2. The molecule has 1 amide bonds. The van der Waals surface area contributed by atoms with E-state index in [9.17, 15) is 4.79 Å². The summed E-state index contributed by atoms with van der Waals surface area (Å²) in [4.78, 5) is 18.0. The van der Waals surface area contributed by atoms with E-state index < -0.39 is 5.60 Å². The summed E-state index contributed by atoms with van der Waals surface area (Å²) < 4.78 is 15.8. The topological polar surface area (TPSA) is 60.9 Å². The van der Waals surface area contributed by atoms with Gasteiger partial charge < -0.3 is 14.2 Å². The van der Waals surface area contributed by atoms with Crippen LogP contribution in [0.15, 0.2) is 12.3 Å². The minimum atomic E-state index is -0.488. The highest BCUT2D eigenvalue weighted by Crippen LogP contribution is 2.26. The Morgan fingerprint density at radius 1 is 1.29 bits per heavy atom. The minimum absolute atomic E-state index is 0.305. The highest BCUT2D eigenvalue weighted by Gasteiger charge is 2.28. The van der Waals surface area contributed by atoms with Crippen LogP contribution in [-0.4, -0.2) is 41.9 Å². The molecule has 0 spiro atoms. The van der Waals surface area contributed by atoms with Crippen LogP contribution in [0.5, 0.6) is 5.88 Å². The van der Waals surface area contributed by atoms with Crippen LogP contribution in [0, 0.1) is 0 Å². The molecule has 1 aliphatic heterocycles. The maximum atomic E-state index is 12.1. The number of methoxy groups -OCH3 is 1. The Kier molecular flexibility index (Phi) is 4.67. The molecule has 0 saturated heterocycles. The van der Waals surface area contributed by atoms with E-state index in [0.29, 0.717) is 32.2 Å². The van der Waals surface area contributed by atoms with Gasteiger partial charge in [0.05, 0.1) is 13.2 Å². The van der Waals surface area contributed by atoms with E-state index >= 15 is 0 Å². The number of rotatable bonds is 4. The number of ether oxygens (including phenoxy) is 3. The van der Waals surface area contributed by atoms with Crippen molar-refractivity contribution in [3.05, 3.63) is 23.4 Å². The predicted octanol–water partition coefficient (Wildman–Crippen LogP) is 2.36. The van der Waals surface area contributed by atoms with E-state index in [-0.39, 0.29) is 6.09 Å². The molecule has 0 aliphatic carbocycles. The lowest BCUT2D eigenvalue weighted by Gasteiger charge is -2.24. The molecular weight excluding hydrogens is 272 g/mol. The van der Waals surface area contributed by atoms with E-state index in [2.05, 4.69) is 4.98 Å². The average Bonchev–Trinajstić information content (AvgIpc) is 2.80. The number of carbonyl (C=O) groups excluding carboxylic acids is 1. The molecule has 0 atom stereocenters. The highest BCUT2D eigenvalue weighted by atomic mass is 16.6. The first kappa shape index (κ1) is 15.6. The van der Waals surface area contributed by atoms with Gasteiger partial charge in [0.15, 0.2) is 0 Å². The Bertz CT molecular complexity index is 511. The molecule has 1 aromatic heterocycles. The first-order valence-electron chi connectivity index (χ1n) is 6.96. The van der Waals surface area contributed by atoms with Crippen LogP contribution in [0.4, 0.5) is 4.79 Å². The normalized spacial score (nSPS) is 14.0. The second-order valence-electron chi connectivity index (χ2n) is 5.97. The Labute approximate surface area is 125 Å². The van der Waals surface area contributed by atoms with Gasteiger partial charge in [-0.15, -0.1) is 0 Å². The Hall–Kier alpha value is -1.82. The first-order valence-corrected chi connectivity index (χ1v) is 6.96. The zero-order valence-corrected chi connectivity index (χ0v) is 13.0. The zero-order valence-electron chi connectivity index (χ0n) is 13.0. The first-order chi connectivity index (χ1) is 9.89. The second-order valence-corrected chi connectivity index (χ2v) is 5.97. The van der Waals surface area contributed by atoms with Crippen LogP contribution in [0.25, 0.3) is 0 Å². The molecule has 21 heavy (non-hydrogen) atoms. The smallest absolute Gasteiger partial charge is 0.410 e. The Balaban J connectivity index is 1.97. The molecule has 0 aromatic carbocycles. The molecule has 0 fully saturated rings. The monoisotopic (exact) mass is 294 g/mol. The summed E-state index contributed by atoms with van der Waals surface area (Å²) in [5.74, 6) is 0.553. The molecule has 2 rings (SSSR count). The SMILES string of the molecule is COCCOc1cc2c(cn1)CN(C(=O)OC(C)(C)C)C2. The quantitative estimate of drug-likeness (QED) is 0.798. The van der Waals surface area contributed by atoms with Crippen LogP contribution in [0.2, 0.25) is 0 Å². The molecule has 0 unspecified atom stereocenters. The maximum Gasteiger partial charge on any atom is 0.410 e. The van der Waals surface area contributed by atoms with Crippen molar-refractivity contribution >= 4 is 6.09 Å². The van der Waals surface area contributed by atoms with Gasteiger partial charge in [-0.1, -0.05) is 0 Å². The number of pyridine rings is 1. The van der Waals surface area contributed by atoms with E-state index in [1.165, 1.54) is 0 Å². The van der Waals surface area contributed by atoms with Gasteiger partial charge in [-0.3, -0.25) is 4.90 Å². The number of hydrogen-bond acceptors (Lipinski definition) is 5. The molecular formula is C15H22N2O4. The summed E-state index contributed by atoms with van der Waals surface area (Å²) >= 11 is 0. The average molecular weight is 294 g/mol. The summed E-state index contributed by atoms with van der Waals surface area (Å²) in [6.45, 7) is 7.59. The molecule has 6 heteroatoms. The molecule has 6 nitrogen and oxygen atoms in total. The van der Waals surface area contributed by atoms with Gasteiger partial charge in [-0.2, -0.15) is 0 Å². The zero-order chi connectivity index (χ0) is 15.5. The number of carbonyl (C=O) groups is 1.